The summed E-state index contributed by atoms with van der Waals surface area (Å²) in [5.74, 6) is -0.0901. The highest BCUT2D eigenvalue weighted by Crippen LogP contribution is 2.39. The lowest BCUT2D eigenvalue weighted by molar-refractivity contribution is -0.133. The number of benzene rings is 1. The number of carbonyl (C=O) groups is 2. The second-order valence-electron chi connectivity index (χ2n) is 8.01. The fourth-order valence-corrected chi connectivity index (χ4v) is 5.05. The van der Waals surface area contributed by atoms with Gasteiger partial charge in [0.2, 0.25) is 5.91 Å². The molecule has 2 amide bonds. The quantitative estimate of drug-likeness (QED) is 0.664. The molecule has 1 N–H and O–H groups in total. The summed E-state index contributed by atoms with van der Waals surface area (Å²) >= 11 is 1.70. The van der Waals surface area contributed by atoms with E-state index in [0.717, 1.165) is 11.3 Å². The number of aromatic nitrogens is 2. The standard InChI is InChI=1S/C24H26N4O2S/c1-17-15-27-20(16-26-17)22(29)28-11-9-24(10-12-28,23(30)25-2)14-18-6-3-4-7-19(18)21-8-5-13-31-21/h3-8,13,15-16H,9-12,14H2,1-2H3,(H,25,30). The number of hydrogen-bond donors (Lipinski definition) is 1. The molecule has 1 aromatic carbocycles. The van der Waals surface area contributed by atoms with E-state index >= 15 is 0 Å². The number of aryl methyl sites for hydroxylation is 1. The van der Waals surface area contributed by atoms with E-state index in [9.17, 15) is 9.59 Å². The Kier molecular flexibility index (Phi) is 6.13. The van der Waals surface area contributed by atoms with E-state index in [0.29, 0.717) is 38.0 Å². The Bertz CT molecular complexity index is 1060. The number of nitrogens with zero attached hydrogens (tertiary/aromatic N) is 3. The molecule has 0 saturated carbocycles. The first-order chi connectivity index (χ1) is 15.0. The summed E-state index contributed by atoms with van der Waals surface area (Å²) in [7, 11) is 1.69. The van der Waals surface area contributed by atoms with Gasteiger partial charge in [0.05, 0.1) is 17.3 Å². The molecule has 0 aliphatic carbocycles. The largest absolute Gasteiger partial charge is 0.359 e. The zero-order chi connectivity index (χ0) is 21.8. The molecule has 7 heteroatoms. The summed E-state index contributed by atoms with van der Waals surface area (Å²) < 4.78 is 0. The lowest BCUT2D eigenvalue weighted by Gasteiger charge is -2.40. The fraction of sp³-hybridized carbons (Fsp3) is 0.333. The average Bonchev–Trinajstić information content (AvgIpc) is 3.34. The third-order valence-electron chi connectivity index (χ3n) is 6.05. The van der Waals surface area contributed by atoms with E-state index in [-0.39, 0.29) is 11.8 Å². The molecule has 1 aliphatic heterocycles. The van der Waals surface area contributed by atoms with Gasteiger partial charge in [0, 0.05) is 31.2 Å². The first-order valence-electron chi connectivity index (χ1n) is 10.4. The predicted molar refractivity (Wildman–Crippen MR) is 122 cm³/mol. The van der Waals surface area contributed by atoms with Gasteiger partial charge >= 0.3 is 0 Å². The Morgan fingerprint density at radius 3 is 2.52 bits per heavy atom. The monoisotopic (exact) mass is 434 g/mol. The van der Waals surface area contributed by atoms with Gasteiger partial charge in [-0.3, -0.25) is 14.6 Å². The summed E-state index contributed by atoms with van der Waals surface area (Å²) in [6.07, 6.45) is 4.99. The van der Waals surface area contributed by atoms with Crippen molar-refractivity contribution < 1.29 is 9.59 Å². The Morgan fingerprint density at radius 1 is 1.10 bits per heavy atom. The number of hydrogen-bond acceptors (Lipinski definition) is 5. The van der Waals surface area contributed by atoms with Gasteiger partial charge in [0.1, 0.15) is 5.69 Å². The maximum atomic E-state index is 13.0. The minimum absolute atomic E-state index is 0.0377. The highest BCUT2D eigenvalue weighted by atomic mass is 32.1. The highest BCUT2D eigenvalue weighted by molar-refractivity contribution is 7.13. The van der Waals surface area contributed by atoms with Crippen LogP contribution < -0.4 is 5.32 Å². The molecule has 31 heavy (non-hydrogen) atoms. The van der Waals surface area contributed by atoms with Crippen LogP contribution in [0.2, 0.25) is 0 Å². The molecule has 2 aromatic heterocycles. The molecule has 1 fully saturated rings. The lowest BCUT2D eigenvalue weighted by Crippen LogP contribution is -2.50. The van der Waals surface area contributed by atoms with E-state index in [1.54, 1.807) is 29.5 Å². The van der Waals surface area contributed by atoms with Crippen molar-refractivity contribution in [2.45, 2.75) is 26.2 Å². The molecule has 0 unspecified atom stereocenters. The Morgan fingerprint density at radius 2 is 1.87 bits per heavy atom. The number of likely N-dealkylation sites (tertiary alicyclic amines) is 1. The summed E-state index contributed by atoms with van der Waals surface area (Å²) in [5, 5.41) is 4.94. The second-order valence-corrected chi connectivity index (χ2v) is 8.95. The van der Waals surface area contributed by atoms with Crippen molar-refractivity contribution in [1.82, 2.24) is 20.2 Å². The molecule has 1 saturated heterocycles. The Balaban J connectivity index is 1.55. The topological polar surface area (TPSA) is 75.2 Å². The van der Waals surface area contributed by atoms with Crippen LogP contribution in [-0.2, 0) is 11.2 Å². The second kappa shape index (κ2) is 8.98. The first kappa shape index (κ1) is 21.2. The van der Waals surface area contributed by atoms with Gasteiger partial charge in [-0.1, -0.05) is 30.3 Å². The van der Waals surface area contributed by atoms with E-state index < -0.39 is 5.41 Å². The lowest BCUT2D eigenvalue weighted by atomic mass is 9.72. The van der Waals surface area contributed by atoms with Crippen molar-refractivity contribution >= 4 is 23.2 Å². The summed E-state index contributed by atoms with van der Waals surface area (Å²) in [6, 6.07) is 12.4. The number of rotatable bonds is 5. The van der Waals surface area contributed by atoms with Crippen LogP contribution in [0, 0.1) is 12.3 Å². The molecular weight excluding hydrogens is 408 g/mol. The van der Waals surface area contributed by atoms with Gasteiger partial charge in [-0.15, -0.1) is 11.3 Å². The van der Waals surface area contributed by atoms with Crippen LogP contribution in [0.15, 0.2) is 54.2 Å². The van der Waals surface area contributed by atoms with E-state index in [1.807, 2.05) is 25.1 Å². The van der Waals surface area contributed by atoms with Gasteiger partial charge in [-0.05, 0) is 48.8 Å². The molecule has 1 aliphatic rings. The van der Waals surface area contributed by atoms with Crippen molar-refractivity contribution in [2.24, 2.45) is 5.41 Å². The molecule has 0 spiro atoms. The zero-order valence-electron chi connectivity index (χ0n) is 17.8. The molecule has 0 radical (unpaired) electrons. The van der Waals surface area contributed by atoms with Crippen LogP contribution in [0.4, 0.5) is 0 Å². The molecular formula is C24H26N4O2S. The van der Waals surface area contributed by atoms with Crippen LogP contribution in [0.25, 0.3) is 10.4 Å². The van der Waals surface area contributed by atoms with E-state index in [2.05, 4.69) is 38.9 Å². The van der Waals surface area contributed by atoms with E-state index in [4.69, 9.17) is 0 Å². The molecule has 3 heterocycles. The normalized spacial score (nSPS) is 15.5. The molecule has 0 atom stereocenters. The summed E-state index contributed by atoms with van der Waals surface area (Å²) in [5.41, 5.74) is 2.92. The van der Waals surface area contributed by atoms with Gasteiger partial charge in [0.15, 0.2) is 0 Å². The Hall–Kier alpha value is -3.06. The minimum Gasteiger partial charge on any atom is -0.359 e. The highest BCUT2D eigenvalue weighted by Gasteiger charge is 2.42. The third-order valence-corrected chi connectivity index (χ3v) is 6.95. The summed E-state index contributed by atoms with van der Waals surface area (Å²) in [6.45, 7) is 2.87. The molecule has 3 aromatic rings. The van der Waals surface area contributed by atoms with Gasteiger partial charge in [-0.25, -0.2) is 4.98 Å². The third kappa shape index (κ3) is 4.37. The Labute approximate surface area is 186 Å². The van der Waals surface area contributed by atoms with Gasteiger partial charge in [0.25, 0.3) is 5.91 Å². The maximum Gasteiger partial charge on any atom is 0.274 e. The van der Waals surface area contributed by atoms with Crippen LogP contribution in [0.3, 0.4) is 0 Å². The average molecular weight is 435 g/mol. The van der Waals surface area contributed by atoms with E-state index in [1.165, 1.54) is 16.6 Å². The van der Waals surface area contributed by atoms with Crippen molar-refractivity contribution in [3.8, 4) is 10.4 Å². The van der Waals surface area contributed by atoms with Crippen molar-refractivity contribution in [3.63, 3.8) is 0 Å². The molecule has 160 valence electrons. The maximum absolute atomic E-state index is 13.0. The van der Waals surface area contributed by atoms with Crippen LogP contribution in [-0.4, -0.2) is 46.8 Å². The van der Waals surface area contributed by atoms with Crippen LogP contribution >= 0.6 is 11.3 Å². The molecule has 6 nitrogen and oxygen atoms in total. The fourth-order valence-electron chi connectivity index (χ4n) is 4.26. The first-order valence-corrected chi connectivity index (χ1v) is 11.3. The van der Waals surface area contributed by atoms with Crippen molar-refractivity contribution in [3.05, 3.63) is 71.1 Å². The predicted octanol–water partition coefficient (Wildman–Crippen LogP) is 3.72. The zero-order valence-corrected chi connectivity index (χ0v) is 18.6. The number of nitrogens with one attached hydrogen (secondary N) is 1. The smallest absolute Gasteiger partial charge is 0.274 e. The van der Waals surface area contributed by atoms with Crippen LogP contribution in [0.5, 0.6) is 0 Å². The number of carbonyl (C=O) groups excluding carboxylic acids is 2. The number of amides is 2. The molecule has 0 bridgehead atoms. The molecule has 4 rings (SSSR count). The number of piperidine rings is 1. The van der Waals surface area contributed by atoms with Crippen molar-refractivity contribution in [1.29, 1.82) is 0 Å². The SMILES string of the molecule is CNC(=O)C1(Cc2ccccc2-c2cccs2)CCN(C(=O)c2cnc(C)cn2)CC1. The van der Waals surface area contributed by atoms with Crippen LogP contribution in [0.1, 0.15) is 34.6 Å². The van der Waals surface area contributed by atoms with Gasteiger partial charge < -0.3 is 10.2 Å². The number of thiophene rings is 1. The minimum atomic E-state index is -0.544. The van der Waals surface area contributed by atoms with Crippen molar-refractivity contribution in [2.75, 3.05) is 20.1 Å². The summed E-state index contributed by atoms with van der Waals surface area (Å²) in [4.78, 5) is 37.3. The van der Waals surface area contributed by atoms with Gasteiger partial charge in [-0.2, -0.15) is 0 Å².